The van der Waals surface area contributed by atoms with Gasteiger partial charge in [0, 0.05) is 36.6 Å². The smallest absolute Gasteiger partial charge is 0.224 e. The molecule has 0 atom stereocenters. The molecule has 0 fully saturated rings. The summed E-state index contributed by atoms with van der Waals surface area (Å²) < 4.78 is 16.9. The fraction of sp³-hybridized carbons (Fsp3) is 0.160. The summed E-state index contributed by atoms with van der Waals surface area (Å²) in [4.78, 5) is 20.7. The Morgan fingerprint density at radius 3 is 2.44 bits per heavy atom. The summed E-state index contributed by atoms with van der Waals surface area (Å²) in [5.41, 5.74) is 2.58. The molecule has 0 aliphatic carbocycles. The minimum absolute atomic E-state index is 0.0647. The van der Waals surface area contributed by atoms with Crippen LogP contribution < -0.4 is 19.5 Å². The lowest BCUT2D eigenvalue weighted by atomic mass is 10.1. The molecular weight excluding hydrogens is 406 g/mol. The molecule has 32 heavy (non-hydrogen) atoms. The molecule has 2 aromatic heterocycles. The molecule has 1 N–H and O–H groups in total. The summed E-state index contributed by atoms with van der Waals surface area (Å²) >= 11 is 0. The zero-order valence-electron chi connectivity index (χ0n) is 17.9. The quantitative estimate of drug-likeness (QED) is 0.450. The van der Waals surface area contributed by atoms with Gasteiger partial charge in [0.1, 0.15) is 11.5 Å². The number of carbonyl (C=O) groups is 1. The van der Waals surface area contributed by atoms with Crippen LogP contribution in [-0.4, -0.2) is 30.1 Å². The van der Waals surface area contributed by atoms with Gasteiger partial charge in [-0.2, -0.15) is 0 Å². The highest BCUT2D eigenvalue weighted by Gasteiger charge is 2.12. The zero-order valence-corrected chi connectivity index (χ0v) is 17.9. The predicted octanol–water partition coefficient (Wildman–Crippen LogP) is 4.30. The number of methoxy groups -OCH3 is 2. The number of rotatable bonds is 8. The third-order valence-electron chi connectivity index (χ3n) is 4.94. The Bertz CT molecular complexity index is 1230. The summed E-state index contributed by atoms with van der Waals surface area (Å²) in [6.07, 6.45) is 5.35. The molecule has 0 bridgehead atoms. The number of aromatic nitrogens is 2. The van der Waals surface area contributed by atoms with Gasteiger partial charge in [-0.3, -0.25) is 14.8 Å². The van der Waals surface area contributed by atoms with E-state index in [1.54, 1.807) is 38.9 Å². The highest BCUT2D eigenvalue weighted by atomic mass is 16.5. The molecule has 0 spiro atoms. The van der Waals surface area contributed by atoms with Gasteiger partial charge >= 0.3 is 0 Å². The monoisotopic (exact) mass is 429 g/mol. The lowest BCUT2D eigenvalue weighted by Gasteiger charge is -2.13. The summed E-state index contributed by atoms with van der Waals surface area (Å²) in [6, 6.07) is 16.7. The molecule has 0 saturated carbocycles. The Kier molecular flexibility index (Phi) is 6.46. The standard InChI is InChI=1S/C25H23N3O4/c1-30-23-14-20-21(15-24(23)31-2)27-11-8-22(20)32-19-5-3-4-18(12-19)13-25(29)28-16-17-6-9-26-10-7-17/h3-12,14-15H,13,16H2,1-2H3,(H,28,29). The van der Waals surface area contributed by atoms with Crippen molar-refractivity contribution >= 4 is 16.8 Å². The van der Waals surface area contributed by atoms with Crippen LogP contribution in [0, 0.1) is 0 Å². The SMILES string of the molecule is COc1cc2nccc(Oc3cccc(CC(=O)NCc4ccncc4)c3)c2cc1OC. The number of ether oxygens (including phenoxy) is 3. The first-order valence-electron chi connectivity index (χ1n) is 10.1. The number of amides is 1. The zero-order chi connectivity index (χ0) is 22.3. The number of carbonyl (C=O) groups excluding carboxylic acids is 1. The van der Waals surface area contributed by atoms with E-state index in [2.05, 4.69) is 15.3 Å². The molecule has 0 aliphatic heterocycles. The lowest BCUT2D eigenvalue weighted by molar-refractivity contribution is -0.120. The van der Waals surface area contributed by atoms with Crippen LogP contribution >= 0.6 is 0 Å². The Balaban J connectivity index is 1.49. The first-order chi connectivity index (χ1) is 15.7. The predicted molar refractivity (Wildman–Crippen MR) is 121 cm³/mol. The van der Waals surface area contributed by atoms with E-state index in [1.807, 2.05) is 48.5 Å². The van der Waals surface area contributed by atoms with E-state index in [0.717, 1.165) is 22.0 Å². The van der Waals surface area contributed by atoms with Crippen molar-refractivity contribution in [1.29, 1.82) is 0 Å². The Morgan fingerprint density at radius 2 is 1.66 bits per heavy atom. The highest BCUT2D eigenvalue weighted by Crippen LogP contribution is 2.36. The van der Waals surface area contributed by atoms with Crippen LogP contribution in [0.15, 0.2) is 73.2 Å². The molecule has 2 aromatic carbocycles. The topological polar surface area (TPSA) is 82.6 Å². The van der Waals surface area contributed by atoms with Crippen LogP contribution in [0.5, 0.6) is 23.0 Å². The maximum atomic E-state index is 12.4. The third-order valence-corrected chi connectivity index (χ3v) is 4.94. The largest absolute Gasteiger partial charge is 0.493 e. The molecule has 0 saturated heterocycles. The van der Waals surface area contributed by atoms with Gasteiger partial charge in [-0.1, -0.05) is 12.1 Å². The van der Waals surface area contributed by atoms with Crippen molar-refractivity contribution in [2.45, 2.75) is 13.0 Å². The van der Waals surface area contributed by atoms with Crippen LogP contribution in [0.25, 0.3) is 10.9 Å². The summed E-state index contributed by atoms with van der Waals surface area (Å²) in [7, 11) is 3.17. The normalized spacial score (nSPS) is 10.6. The molecule has 7 nitrogen and oxygen atoms in total. The fourth-order valence-corrected chi connectivity index (χ4v) is 3.33. The van der Waals surface area contributed by atoms with Crippen molar-refractivity contribution in [3.05, 3.63) is 84.3 Å². The molecule has 4 aromatic rings. The van der Waals surface area contributed by atoms with Gasteiger partial charge in [0.05, 0.1) is 26.2 Å². The molecule has 7 heteroatoms. The molecule has 162 valence electrons. The number of nitrogens with one attached hydrogen (secondary N) is 1. The summed E-state index contributed by atoms with van der Waals surface area (Å²) in [5.74, 6) is 2.40. The van der Waals surface area contributed by atoms with E-state index >= 15 is 0 Å². The number of benzene rings is 2. The number of hydrogen-bond acceptors (Lipinski definition) is 6. The second kappa shape index (κ2) is 9.78. The van der Waals surface area contributed by atoms with Crippen molar-refractivity contribution < 1.29 is 19.0 Å². The minimum Gasteiger partial charge on any atom is -0.493 e. The second-order valence-electron chi connectivity index (χ2n) is 7.09. The number of hydrogen-bond donors (Lipinski definition) is 1. The van der Waals surface area contributed by atoms with Gasteiger partial charge in [-0.05, 0) is 47.5 Å². The van der Waals surface area contributed by atoms with Crippen LogP contribution in [0.4, 0.5) is 0 Å². The van der Waals surface area contributed by atoms with Gasteiger partial charge in [-0.25, -0.2) is 0 Å². The van der Waals surface area contributed by atoms with Gasteiger partial charge in [0.15, 0.2) is 11.5 Å². The van der Waals surface area contributed by atoms with E-state index in [9.17, 15) is 4.79 Å². The van der Waals surface area contributed by atoms with Gasteiger partial charge in [-0.15, -0.1) is 0 Å². The Hall–Kier alpha value is -4.13. The maximum Gasteiger partial charge on any atom is 0.224 e. The molecule has 2 heterocycles. The number of fused-ring (bicyclic) bond motifs is 1. The van der Waals surface area contributed by atoms with E-state index in [4.69, 9.17) is 14.2 Å². The first kappa shape index (κ1) is 21.1. The van der Waals surface area contributed by atoms with E-state index in [-0.39, 0.29) is 12.3 Å². The average molecular weight is 429 g/mol. The van der Waals surface area contributed by atoms with E-state index in [1.165, 1.54) is 0 Å². The average Bonchev–Trinajstić information content (AvgIpc) is 2.83. The van der Waals surface area contributed by atoms with Crippen LogP contribution in [0.1, 0.15) is 11.1 Å². The van der Waals surface area contributed by atoms with Crippen LogP contribution in [0.2, 0.25) is 0 Å². The Labute approximate surface area is 186 Å². The fourth-order valence-electron chi connectivity index (χ4n) is 3.33. The van der Waals surface area contributed by atoms with Crippen molar-refractivity contribution in [3.8, 4) is 23.0 Å². The van der Waals surface area contributed by atoms with Gasteiger partial charge < -0.3 is 19.5 Å². The van der Waals surface area contributed by atoms with Crippen molar-refractivity contribution in [2.75, 3.05) is 14.2 Å². The first-order valence-corrected chi connectivity index (χ1v) is 10.1. The third kappa shape index (κ3) is 4.95. The maximum absolute atomic E-state index is 12.4. The van der Waals surface area contributed by atoms with Crippen LogP contribution in [-0.2, 0) is 17.8 Å². The van der Waals surface area contributed by atoms with Gasteiger partial charge in [0.2, 0.25) is 5.91 Å². The number of nitrogens with zero attached hydrogens (tertiary/aromatic N) is 2. The summed E-state index contributed by atoms with van der Waals surface area (Å²) in [6.45, 7) is 0.464. The number of pyridine rings is 2. The molecule has 0 unspecified atom stereocenters. The van der Waals surface area contributed by atoms with Crippen LogP contribution in [0.3, 0.4) is 0 Å². The van der Waals surface area contributed by atoms with E-state index < -0.39 is 0 Å². The molecule has 1 amide bonds. The van der Waals surface area contributed by atoms with E-state index in [0.29, 0.717) is 29.5 Å². The van der Waals surface area contributed by atoms with Crippen molar-refractivity contribution in [3.63, 3.8) is 0 Å². The molecular formula is C25H23N3O4. The van der Waals surface area contributed by atoms with Crippen molar-refractivity contribution in [2.24, 2.45) is 0 Å². The highest BCUT2D eigenvalue weighted by molar-refractivity contribution is 5.88. The van der Waals surface area contributed by atoms with Gasteiger partial charge in [0.25, 0.3) is 0 Å². The van der Waals surface area contributed by atoms with Crippen molar-refractivity contribution in [1.82, 2.24) is 15.3 Å². The minimum atomic E-state index is -0.0647. The molecule has 0 aliphatic rings. The second-order valence-corrected chi connectivity index (χ2v) is 7.09. The molecule has 4 rings (SSSR count). The molecule has 0 radical (unpaired) electrons. The Morgan fingerprint density at radius 1 is 0.875 bits per heavy atom. The lowest BCUT2D eigenvalue weighted by Crippen LogP contribution is -2.24. The summed E-state index contributed by atoms with van der Waals surface area (Å²) in [5, 5.41) is 3.72.